The van der Waals surface area contributed by atoms with Gasteiger partial charge in [0, 0.05) is 20.1 Å². The maximum atomic E-state index is 4.42. The first-order chi connectivity index (χ1) is 10.8. The SMILES string of the molecule is C[c-]1[c-](C)[c-](C)[c-](C)[c-]1C.Cc1c(C)c(C)[c-](C)c1C.[ClH+][Ir]([ClH+])[ClH+].[Ir]. The first kappa shape index (κ1) is 28.1. The van der Waals surface area contributed by atoms with E-state index in [-0.39, 0.29) is 20.1 Å². The summed E-state index contributed by atoms with van der Waals surface area (Å²) in [5.74, 6) is 0. The number of hydrogen-bond donors (Lipinski definition) is 0. The Bertz CT molecular complexity index is 461. The first-order valence-corrected chi connectivity index (χ1v) is 17.5. The van der Waals surface area contributed by atoms with Crippen molar-refractivity contribution in [3.05, 3.63) is 55.6 Å². The molecule has 5 heteroatoms. The monoisotopic (exact) mass is 764 g/mol. The predicted octanol–water partition coefficient (Wildman–Crippen LogP) is 5.09. The van der Waals surface area contributed by atoms with Gasteiger partial charge in [0.05, 0.1) is 0 Å². The van der Waals surface area contributed by atoms with Crippen molar-refractivity contribution in [1.29, 1.82) is 0 Å². The molecule has 2 aromatic carbocycles. The largest absolute Gasteiger partial charge is 0 e. The van der Waals surface area contributed by atoms with Crippen LogP contribution in [0, 0.1) is 98.0 Å². The third kappa shape index (κ3) is 7.79. The van der Waals surface area contributed by atoms with Crippen molar-refractivity contribution < 1.29 is 62.3 Å². The molecule has 0 atom stereocenters. The Labute approximate surface area is 185 Å². The van der Waals surface area contributed by atoms with Gasteiger partial charge in [0.2, 0.25) is 0 Å². The van der Waals surface area contributed by atoms with E-state index in [0.29, 0.717) is 0 Å². The molecule has 0 N–H and O–H groups in total. The molecule has 25 heavy (non-hydrogen) atoms. The van der Waals surface area contributed by atoms with Crippen LogP contribution >= 0.6 is 0 Å². The van der Waals surface area contributed by atoms with Crippen molar-refractivity contribution in [2.24, 2.45) is 0 Å². The van der Waals surface area contributed by atoms with Crippen LogP contribution in [0.25, 0.3) is 0 Å². The van der Waals surface area contributed by atoms with Crippen LogP contribution in [0.3, 0.4) is 0 Å². The normalized spacial score (nSPS) is 10.2. The molecular weight excluding hydrogens is 731 g/mol. The van der Waals surface area contributed by atoms with E-state index in [9.17, 15) is 0 Å². The van der Waals surface area contributed by atoms with Crippen LogP contribution in [0.15, 0.2) is 0 Å². The maximum Gasteiger partial charge on any atom is 0 e. The topological polar surface area (TPSA) is 0 Å². The number of rotatable bonds is 0. The molecule has 0 bridgehead atoms. The Morgan fingerprint density at radius 2 is 0.720 bits per heavy atom. The summed E-state index contributed by atoms with van der Waals surface area (Å²) >= 11 is -1.58. The van der Waals surface area contributed by atoms with Crippen molar-refractivity contribution in [1.82, 2.24) is 0 Å². The van der Waals surface area contributed by atoms with Crippen LogP contribution in [0.2, 0.25) is 0 Å². The van der Waals surface area contributed by atoms with Crippen LogP contribution in [-0.2, 0) is 33.6 Å². The molecule has 2 aromatic rings. The third-order valence-electron chi connectivity index (χ3n) is 5.62. The second-order valence-corrected chi connectivity index (χ2v) is 18.5. The fourth-order valence-corrected chi connectivity index (χ4v) is 2.81. The molecule has 0 aliphatic rings. The average Bonchev–Trinajstić information content (AvgIpc) is 2.78. The third-order valence-corrected chi connectivity index (χ3v) is 5.62. The maximum absolute atomic E-state index is 4.42. The summed E-state index contributed by atoms with van der Waals surface area (Å²) in [5.41, 5.74) is 14.7. The average molecular weight is 764 g/mol. The van der Waals surface area contributed by atoms with Crippen LogP contribution in [-0.4, -0.2) is 0 Å². The minimum Gasteiger partial charge on any atom is 0 e. The minimum absolute atomic E-state index is 0. The Hall–Kier alpha value is 0.869. The molecule has 1 radical (unpaired) electrons. The van der Waals surface area contributed by atoms with Gasteiger partial charge in [-0.1, -0.05) is 34.6 Å². The van der Waals surface area contributed by atoms with E-state index in [0.717, 1.165) is 0 Å². The van der Waals surface area contributed by atoms with Crippen LogP contribution in [0.1, 0.15) is 55.6 Å². The molecule has 2 rings (SSSR count). The van der Waals surface area contributed by atoms with Crippen LogP contribution in [0.4, 0.5) is 0 Å². The van der Waals surface area contributed by atoms with E-state index in [1.807, 2.05) is 0 Å². The molecule has 0 unspecified atom stereocenters. The standard InChI is InChI=1S/2C10H15.3ClH.2Ir/c2*1-6-7(2)9(4)10(5)8(6)3;;;;;/h2*1-5H3;3*1H;;/q-5;-1;;;;;+3. The zero-order valence-electron chi connectivity index (χ0n) is 16.9. The second kappa shape index (κ2) is 12.4. The van der Waals surface area contributed by atoms with Gasteiger partial charge >= 0.3 is 42.2 Å². The summed E-state index contributed by atoms with van der Waals surface area (Å²) in [6, 6.07) is 0. The van der Waals surface area contributed by atoms with Gasteiger partial charge in [-0.3, -0.25) is 0 Å². The molecular formula is C20H33Cl3Ir2-3. The summed E-state index contributed by atoms with van der Waals surface area (Å²) in [7, 11) is 13.2. The quantitative estimate of drug-likeness (QED) is 0.329. The fourth-order valence-electron chi connectivity index (χ4n) is 2.81. The summed E-state index contributed by atoms with van der Waals surface area (Å²) in [4.78, 5) is 0. The molecule has 0 heterocycles. The Balaban J connectivity index is 0. The molecule has 0 saturated heterocycles. The van der Waals surface area contributed by atoms with Crippen LogP contribution < -0.4 is 0 Å². The van der Waals surface area contributed by atoms with E-state index in [4.69, 9.17) is 0 Å². The molecule has 0 nitrogen and oxygen atoms in total. The minimum atomic E-state index is -1.58. The van der Waals surface area contributed by atoms with Gasteiger partial charge in [0.1, 0.15) is 0 Å². The van der Waals surface area contributed by atoms with Crippen molar-refractivity contribution in [2.45, 2.75) is 69.2 Å². The van der Waals surface area contributed by atoms with Gasteiger partial charge in [-0.2, -0.15) is 27.8 Å². The van der Waals surface area contributed by atoms with Crippen molar-refractivity contribution in [3.63, 3.8) is 0 Å². The van der Waals surface area contributed by atoms with E-state index < -0.39 is 13.5 Å². The summed E-state index contributed by atoms with van der Waals surface area (Å²) in [6.45, 7) is 22.0. The van der Waals surface area contributed by atoms with E-state index >= 15 is 0 Å². The fraction of sp³-hybridized carbons (Fsp3) is 0.500. The van der Waals surface area contributed by atoms with Crippen molar-refractivity contribution in [3.8, 4) is 0 Å². The summed E-state index contributed by atoms with van der Waals surface area (Å²) in [5, 5.41) is 0. The Morgan fingerprint density at radius 1 is 0.560 bits per heavy atom. The summed E-state index contributed by atoms with van der Waals surface area (Å²) in [6.07, 6.45) is 0. The molecule has 0 fully saturated rings. The zero-order chi connectivity index (χ0) is 19.4. The summed E-state index contributed by atoms with van der Waals surface area (Å²) < 4.78 is 0. The van der Waals surface area contributed by atoms with Crippen molar-refractivity contribution >= 4 is 0 Å². The number of halogens is 3. The predicted molar refractivity (Wildman–Crippen MR) is 95.6 cm³/mol. The molecule has 155 valence electrons. The first-order valence-electron chi connectivity index (χ1n) is 7.91. The van der Waals surface area contributed by atoms with E-state index in [2.05, 4.69) is 98.0 Å². The van der Waals surface area contributed by atoms with E-state index in [1.165, 1.54) is 55.6 Å². The molecule has 0 amide bonds. The Kier molecular flexibility index (Phi) is 13.9. The molecule has 0 spiro atoms. The van der Waals surface area contributed by atoms with E-state index in [1.54, 1.807) is 0 Å². The second-order valence-electron chi connectivity index (χ2n) is 6.42. The Morgan fingerprint density at radius 3 is 0.800 bits per heavy atom. The van der Waals surface area contributed by atoms with Gasteiger partial charge in [0.25, 0.3) is 0 Å². The van der Waals surface area contributed by atoms with Gasteiger partial charge in [-0.25, -0.2) is 34.6 Å². The molecule has 0 aliphatic heterocycles. The molecule has 0 aromatic heterocycles. The van der Waals surface area contributed by atoms with Gasteiger partial charge < -0.3 is 27.8 Å². The van der Waals surface area contributed by atoms with Gasteiger partial charge in [-0.15, -0.1) is 0 Å². The molecule has 0 aliphatic carbocycles. The van der Waals surface area contributed by atoms with Crippen molar-refractivity contribution in [2.75, 3.05) is 0 Å². The molecule has 0 saturated carbocycles. The van der Waals surface area contributed by atoms with Crippen LogP contribution in [0.5, 0.6) is 0 Å². The van der Waals surface area contributed by atoms with Gasteiger partial charge in [0.15, 0.2) is 0 Å². The van der Waals surface area contributed by atoms with Gasteiger partial charge in [-0.05, 0) is 0 Å². The number of hydrogen-bond acceptors (Lipinski definition) is 0. The smallest absolute Gasteiger partial charge is 0 e. The zero-order valence-corrected chi connectivity index (χ0v) is 24.1.